The number of aliphatic hydroxyl groups excluding tert-OH is 1. The number of carboxylic acids is 1. The van der Waals surface area contributed by atoms with Crippen molar-refractivity contribution in [3.05, 3.63) is 45.5 Å². The van der Waals surface area contributed by atoms with Gasteiger partial charge in [-0.25, -0.2) is 0 Å². The Labute approximate surface area is 193 Å². The van der Waals surface area contributed by atoms with Gasteiger partial charge in [-0.1, -0.05) is 24.3 Å². The molecule has 0 radical (unpaired) electrons. The quantitative estimate of drug-likeness (QED) is 0.138. The highest BCUT2D eigenvalue weighted by Crippen LogP contribution is 2.38. The molecule has 0 heterocycles. The van der Waals surface area contributed by atoms with Crippen molar-refractivity contribution in [2.75, 3.05) is 12.3 Å². The Balaban J connectivity index is 1.95. The summed E-state index contributed by atoms with van der Waals surface area (Å²) in [6.45, 7) is -0.495. The van der Waals surface area contributed by atoms with Gasteiger partial charge in [-0.15, -0.1) is 0 Å². The average molecular weight is 480 g/mol. The largest absolute Gasteiger partial charge is 0.480 e. The fourth-order valence-corrected chi connectivity index (χ4v) is 3.52. The summed E-state index contributed by atoms with van der Waals surface area (Å²) >= 11 is 4.00. The number of aliphatic carboxylic acids is 1. The zero-order chi connectivity index (χ0) is 24.7. The molecule has 0 fully saturated rings. The molecule has 0 bridgehead atoms. The first-order chi connectivity index (χ1) is 15.6. The van der Waals surface area contributed by atoms with Crippen LogP contribution in [0.5, 0.6) is 0 Å². The van der Waals surface area contributed by atoms with Crippen LogP contribution in [-0.4, -0.2) is 63.1 Å². The highest BCUT2D eigenvalue weighted by molar-refractivity contribution is 7.80. The molecule has 2 unspecified atom stereocenters. The van der Waals surface area contributed by atoms with E-state index in [0.717, 1.165) is 0 Å². The standard InChI is InChI=1S/C20H24N4O8S/c21-12(20(29)30)6-7-16(26)23-13(9-33)19(28)22-8-15(25)11-5-4-10-2-1-3-14(24(31)32)17(10)18(11)27/h1-5,11-13,18,27,33H,6-9,21H2,(H,22,28)(H,23,26)(H,29,30)/t11?,12-,13-,18?/m0/s1. The van der Waals surface area contributed by atoms with Crippen molar-refractivity contribution in [3.8, 4) is 0 Å². The number of Topliss-reactive ketones (excluding diaryl/α,β-unsaturated/α-hetero) is 1. The fraction of sp³-hybridized carbons (Fsp3) is 0.400. The number of carbonyl (C=O) groups is 4. The van der Waals surface area contributed by atoms with Gasteiger partial charge in [0.15, 0.2) is 5.78 Å². The number of nitro groups is 1. The van der Waals surface area contributed by atoms with Crippen molar-refractivity contribution in [1.29, 1.82) is 0 Å². The van der Waals surface area contributed by atoms with Crippen molar-refractivity contribution >= 4 is 48.0 Å². The van der Waals surface area contributed by atoms with E-state index in [1.165, 1.54) is 24.3 Å². The molecule has 0 aromatic heterocycles. The lowest BCUT2D eigenvalue weighted by Gasteiger charge is -2.25. The number of rotatable bonds is 11. The molecule has 178 valence electrons. The van der Waals surface area contributed by atoms with Crippen LogP contribution in [0.25, 0.3) is 6.08 Å². The summed E-state index contributed by atoms with van der Waals surface area (Å²) in [5, 5.41) is 35.3. The Kier molecular flexibility index (Phi) is 9.08. The van der Waals surface area contributed by atoms with Crippen molar-refractivity contribution < 1.29 is 34.3 Å². The maximum absolute atomic E-state index is 12.6. The summed E-state index contributed by atoms with van der Waals surface area (Å²) in [6, 6.07) is 1.97. The van der Waals surface area contributed by atoms with E-state index in [0.29, 0.717) is 5.56 Å². The topological polar surface area (TPSA) is 202 Å². The number of benzene rings is 1. The van der Waals surface area contributed by atoms with Gasteiger partial charge in [0.1, 0.15) is 12.1 Å². The van der Waals surface area contributed by atoms with Crippen LogP contribution in [-0.2, 0) is 19.2 Å². The van der Waals surface area contributed by atoms with Crippen molar-refractivity contribution in [2.45, 2.75) is 31.0 Å². The van der Waals surface area contributed by atoms with Crippen LogP contribution in [0.3, 0.4) is 0 Å². The van der Waals surface area contributed by atoms with E-state index in [9.17, 15) is 34.4 Å². The molecule has 1 aromatic carbocycles. The minimum Gasteiger partial charge on any atom is -0.480 e. The van der Waals surface area contributed by atoms with Gasteiger partial charge in [-0.3, -0.25) is 29.3 Å². The molecule has 0 spiro atoms. The molecular weight excluding hydrogens is 456 g/mol. The van der Waals surface area contributed by atoms with Crippen LogP contribution in [0.2, 0.25) is 0 Å². The van der Waals surface area contributed by atoms with Gasteiger partial charge in [-0.05, 0) is 12.0 Å². The van der Waals surface area contributed by atoms with Gasteiger partial charge in [0.2, 0.25) is 11.8 Å². The summed E-state index contributed by atoms with van der Waals surface area (Å²) < 4.78 is 0. The Morgan fingerprint density at radius 3 is 2.58 bits per heavy atom. The van der Waals surface area contributed by atoms with E-state index in [1.807, 2.05) is 0 Å². The van der Waals surface area contributed by atoms with E-state index in [2.05, 4.69) is 23.3 Å². The summed E-state index contributed by atoms with van der Waals surface area (Å²) in [6.07, 6.45) is 1.10. The van der Waals surface area contributed by atoms with Crippen LogP contribution >= 0.6 is 12.6 Å². The highest BCUT2D eigenvalue weighted by Gasteiger charge is 2.35. The smallest absolute Gasteiger partial charge is 0.320 e. The van der Waals surface area contributed by atoms with Gasteiger partial charge in [-0.2, -0.15) is 12.6 Å². The molecule has 6 N–H and O–H groups in total. The molecule has 2 amide bonds. The number of ketones is 1. The molecular formula is C20H24N4O8S. The van der Waals surface area contributed by atoms with E-state index >= 15 is 0 Å². The van der Waals surface area contributed by atoms with Crippen molar-refractivity contribution in [1.82, 2.24) is 10.6 Å². The summed E-state index contributed by atoms with van der Waals surface area (Å²) in [4.78, 5) is 58.2. The third kappa shape index (κ3) is 6.60. The zero-order valence-corrected chi connectivity index (χ0v) is 18.2. The Hall–Kier alpha value is -3.29. The van der Waals surface area contributed by atoms with Gasteiger partial charge in [0.05, 0.1) is 29.1 Å². The van der Waals surface area contributed by atoms with Crippen molar-refractivity contribution in [2.24, 2.45) is 11.7 Å². The number of nitrogens with one attached hydrogen (secondary N) is 2. The number of hydrogen-bond donors (Lipinski definition) is 6. The molecule has 33 heavy (non-hydrogen) atoms. The predicted molar refractivity (Wildman–Crippen MR) is 119 cm³/mol. The minimum atomic E-state index is -1.46. The predicted octanol–water partition coefficient (Wildman–Crippen LogP) is -0.437. The third-order valence-electron chi connectivity index (χ3n) is 5.08. The van der Waals surface area contributed by atoms with Gasteiger partial charge >= 0.3 is 5.97 Å². The molecule has 0 saturated heterocycles. The first kappa shape index (κ1) is 26.0. The number of nitrogens with two attached hydrogens (primary N) is 1. The fourth-order valence-electron chi connectivity index (χ4n) is 3.26. The zero-order valence-electron chi connectivity index (χ0n) is 17.3. The Bertz CT molecular complexity index is 983. The van der Waals surface area contributed by atoms with Crippen LogP contribution < -0.4 is 16.4 Å². The second kappa shape index (κ2) is 11.5. The second-order valence-electron chi connectivity index (χ2n) is 7.34. The van der Waals surface area contributed by atoms with E-state index in [1.54, 1.807) is 6.07 Å². The summed E-state index contributed by atoms with van der Waals surface area (Å²) in [5.74, 6) is -4.37. The number of carboxylic acid groups (broad SMARTS) is 1. The number of aliphatic hydroxyl groups is 1. The first-order valence-corrected chi connectivity index (χ1v) is 10.5. The maximum Gasteiger partial charge on any atom is 0.320 e. The number of carbonyl (C=O) groups excluding carboxylic acids is 3. The highest BCUT2D eigenvalue weighted by atomic mass is 32.1. The number of thiol groups is 1. The van der Waals surface area contributed by atoms with Gasteiger partial charge < -0.3 is 26.6 Å². The first-order valence-electron chi connectivity index (χ1n) is 9.89. The van der Waals surface area contributed by atoms with Crippen LogP contribution in [0.15, 0.2) is 24.3 Å². The molecule has 4 atom stereocenters. The monoisotopic (exact) mass is 480 g/mol. The molecule has 1 aliphatic carbocycles. The molecule has 1 aliphatic rings. The normalized spacial score (nSPS) is 18.5. The molecule has 12 nitrogen and oxygen atoms in total. The number of hydrogen-bond acceptors (Lipinski definition) is 9. The summed E-state index contributed by atoms with van der Waals surface area (Å²) in [7, 11) is 0. The number of nitro benzene ring substituents is 1. The number of fused-ring (bicyclic) bond motifs is 1. The van der Waals surface area contributed by atoms with E-state index < -0.39 is 59.1 Å². The number of nitrogens with zero attached hydrogens (tertiary/aromatic N) is 1. The van der Waals surface area contributed by atoms with Crippen LogP contribution in [0.4, 0.5) is 5.69 Å². The minimum absolute atomic E-state index is 0.0229. The molecule has 0 aliphatic heterocycles. The number of amides is 2. The third-order valence-corrected chi connectivity index (χ3v) is 5.44. The van der Waals surface area contributed by atoms with Crippen LogP contribution in [0, 0.1) is 16.0 Å². The Morgan fingerprint density at radius 1 is 1.27 bits per heavy atom. The van der Waals surface area contributed by atoms with Gasteiger partial charge in [0.25, 0.3) is 5.69 Å². The van der Waals surface area contributed by atoms with E-state index in [-0.39, 0.29) is 29.8 Å². The lowest BCUT2D eigenvalue weighted by Crippen LogP contribution is -2.49. The van der Waals surface area contributed by atoms with Gasteiger partial charge in [0, 0.05) is 18.2 Å². The second-order valence-corrected chi connectivity index (χ2v) is 7.70. The average Bonchev–Trinajstić information content (AvgIpc) is 2.78. The summed E-state index contributed by atoms with van der Waals surface area (Å²) in [5.41, 5.74) is 5.46. The molecule has 2 rings (SSSR count). The molecule has 1 aromatic rings. The lowest BCUT2D eigenvalue weighted by atomic mass is 9.83. The van der Waals surface area contributed by atoms with Crippen LogP contribution in [0.1, 0.15) is 30.1 Å². The Morgan fingerprint density at radius 2 is 1.97 bits per heavy atom. The molecule has 13 heteroatoms. The van der Waals surface area contributed by atoms with E-state index in [4.69, 9.17) is 10.8 Å². The SMILES string of the molecule is N[C@@H](CCC(=O)N[C@@H](CS)C(=O)NCC(=O)C1C=Cc2cccc([N+](=O)[O-])c2C1O)C(=O)O. The molecule has 0 saturated carbocycles. The van der Waals surface area contributed by atoms with Crippen molar-refractivity contribution in [3.63, 3.8) is 0 Å². The lowest BCUT2D eigenvalue weighted by molar-refractivity contribution is -0.386. The maximum atomic E-state index is 12.6.